The Hall–Kier alpha value is -0.540. The van der Waals surface area contributed by atoms with Crippen molar-refractivity contribution in [1.29, 1.82) is 0 Å². The summed E-state index contributed by atoms with van der Waals surface area (Å²) in [5.74, 6) is 0.0440. The molecule has 0 heterocycles. The highest BCUT2D eigenvalue weighted by molar-refractivity contribution is 4.79. The number of allylic oxidation sites excluding steroid dienone is 1. The fourth-order valence-electron chi connectivity index (χ4n) is 0.425. The molecule has 0 aliphatic carbocycles. The minimum atomic E-state index is -0.728. The van der Waals surface area contributed by atoms with E-state index in [1.54, 1.807) is 0 Å². The van der Waals surface area contributed by atoms with Crippen molar-refractivity contribution in [2.45, 2.75) is 18.9 Å². The molecular formula is C6H12O3. The maximum atomic E-state index is 8.70. The van der Waals surface area contributed by atoms with E-state index in [0.717, 1.165) is 0 Å². The van der Waals surface area contributed by atoms with Crippen molar-refractivity contribution in [3.8, 4) is 0 Å². The van der Waals surface area contributed by atoms with Gasteiger partial charge in [-0.05, 0) is 6.42 Å². The molecule has 0 amide bonds. The van der Waals surface area contributed by atoms with E-state index in [4.69, 9.17) is 15.3 Å². The normalized spacial score (nSPS) is 13.1. The number of rotatable bonds is 4. The highest BCUT2D eigenvalue weighted by atomic mass is 16.3. The molecule has 0 spiro atoms. The molecule has 3 N–H and O–H groups in total. The fourth-order valence-corrected chi connectivity index (χ4v) is 0.425. The summed E-state index contributed by atoms with van der Waals surface area (Å²) in [5, 5.41) is 25.5. The van der Waals surface area contributed by atoms with Crippen molar-refractivity contribution in [3.63, 3.8) is 0 Å². The quantitative estimate of drug-likeness (QED) is 0.478. The van der Waals surface area contributed by atoms with Gasteiger partial charge in [0.1, 0.15) is 0 Å². The molecule has 54 valence electrons. The molecule has 0 aromatic heterocycles. The van der Waals surface area contributed by atoms with Crippen LogP contribution in [0.1, 0.15) is 12.8 Å². The lowest BCUT2D eigenvalue weighted by Crippen LogP contribution is -2.11. The maximum absolute atomic E-state index is 8.70. The largest absolute Gasteiger partial charge is 0.513 e. The van der Waals surface area contributed by atoms with Crippen molar-refractivity contribution in [2.24, 2.45) is 0 Å². The van der Waals surface area contributed by atoms with E-state index in [1.807, 2.05) is 0 Å². The van der Waals surface area contributed by atoms with Gasteiger partial charge in [0.25, 0.3) is 0 Å². The van der Waals surface area contributed by atoms with Gasteiger partial charge in [0.2, 0.25) is 0 Å². The second-order valence-electron chi connectivity index (χ2n) is 1.94. The summed E-state index contributed by atoms with van der Waals surface area (Å²) in [5.41, 5.74) is 0. The molecule has 0 fully saturated rings. The van der Waals surface area contributed by atoms with Crippen LogP contribution in [0.25, 0.3) is 0 Å². The van der Waals surface area contributed by atoms with E-state index >= 15 is 0 Å². The van der Waals surface area contributed by atoms with Gasteiger partial charge < -0.3 is 15.3 Å². The summed E-state index contributed by atoms with van der Waals surface area (Å²) < 4.78 is 0. The second-order valence-corrected chi connectivity index (χ2v) is 1.94. The van der Waals surface area contributed by atoms with Gasteiger partial charge in [-0.25, -0.2) is 0 Å². The van der Waals surface area contributed by atoms with Gasteiger partial charge in [0.15, 0.2) is 0 Å². The van der Waals surface area contributed by atoms with Crippen LogP contribution in [-0.4, -0.2) is 28.0 Å². The summed E-state index contributed by atoms with van der Waals surface area (Å²) in [7, 11) is 0. The Morgan fingerprint density at radius 2 is 2.11 bits per heavy atom. The van der Waals surface area contributed by atoms with Gasteiger partial charge in [-0.15, -0.1) is 0 Å². The van der Waals surface area contributed by atoms with Crippen LogP contribution in [0, 0.1) is 0 Å². The third kappa shape index (κ3) is 5.33. The van der Waals surface area contributed by atoms with E-state index in [9.17, 15) is 0 Å². The van der Waals surface area contributed by atoms with E-state index in [2.05, 4.69) is 6.58 Å². The number of hydrogen-bond acceptors (Lipinski definition) is 3. The van der Waals surface area contributed by atoms with E-state index in [0.29, 0.717) is 12.8 Å². The molecule has 0 rings (SSSR count). The monoisotopic (exact) mass is 132 g/mol. The van der Waals surface area contributed by atoms with Crippen LogP contribution in [0.5, 0.6) is 0 Å². The van der Waals surface area contributed by atoms with Crippen molar-refractivity contribution in [3.05, 3.63) is 12.3 Å². The second kappa shape index (κ2) is 4.35. The lowest BCUT2D eigenvalue weighted by molar-refractivity contribution is 0.0861. The van der Waals surface area contributed by atoms with Gasteiger partial charge in [0.05, 0.1) is 18.5 Å². The minimum absolute atomic E-state index is 0.0440. The smallest absolute Gasteiger partial charge is 0.0852 e. The number of aliphatic hydroxyl groups excluding tert-OH is 3. The zero-order valence-electron chi connectivity index (χ0n) is 5.25. The SMILES string of the molecule is C=C(O)CCC(O)CO. The van der Waals surface area contributed by atoms with Gasteiger partial charge in [-0.2, -0.15) is 0 Å². The van der Waals surface area contributed by atoms with Crippen molar-refractivity contribution in [2.75, 3.05) is 6.61 Å². The predicted octanol–water partition coefficient (Wildman–Crippen LogP) is 0.191. The van der Waals surface area contributed by atoms with Crippen molar-refractivity contribution >= 4 is 0 Å². The van der Waals surface area contributed by atoms with Gasteiger partial charge in [0, 0.05) is 6.42 Å². The lowest BCUT2D eigenvalue weighted by atomic mass is 10.2. The first kappa shape index (κ1) is 8.46. The molecule has 0 aliphatic heterocycles. The molecule has 0 saturated carbocycles. The number of hydrogen-bond donors (Lipinski definition) is 3. The minimum Gasteiger partial charge on any atom is -0.513 e. The third-order valence-electron chi connectivity index (χ3n) is 0.977. The fraction of sp³-hybridized carbons (Fsp3) is 0.667. The molecular weight excluding hydrogens is 120 g/mol. The van der Waals surface area contributed by atoms with E-state index in [1.165, 1.54) is 0 Å². The number of aliphatic hydroxyl groups is 3. The summed E-state index contributed by atoms with van der Waals surface area (Å²) >= 11 is 0. The van der Waals surface area contributed by atoms with Crippen molar-refractivity contribution in [1.82, 2.24) is 0 Å². The van der Waals surface area contributed by atoms with E-state index in [-0.39, 0.29) is 12.4 Å². The Morgan fingerprint density at radius 1 is 1.56 bits per heavy atom. The average Bonchev–Trinajstić information content (AvgIpc) is 1.83. The molecule has 0 bridgehead atoms. The van der Waals surface area contributed by atoms with Gasteiger partial charge >= 0.3 is 0 Å². The standard InChI is InChI=1S/C6H12O3/c1-5(8)2-3-6(9)4-7/h6-9H,1-4H2. The van der Waals surface area contributed by atoms with Gasteiger partial charge in [-0.3, -0.25) is 0 Å². The summed E-state index contributed by atoms with van der Waals surface area (Å²) in [6.45, 7) is 2.97. The van der Waals surface area contributed by atoms with Crippen molar-refractivity contribution < 1.29 is 15.3 Å². The Bertz CT molecular complexity index is 90.3. The first-order chi connectivity index (χ1) is 4.16. The zero-order chi connectivity index (χ0) is 7.28. The molecule has 0 radical (unpaired) electrons. The first-order valence-corrected chi connectivity index (χ1v) is 2.82. The molecule has 1 atom stereocenters. The average molecular weight is 132 g/mol. The molecule has 0 aliphatic rings. The first-order valence-electron chi connectivity index (χ1n) is 2.82. The third-order valence-corrected chi connectivity index (χ3v) is 0.977. The van der Waals surface area contributed by atoms with Crippen LogP contribution >= 0.6 is 0 Å². The van der Waals surface area contributed by atoms with Crippen LogP contribution < -0.4 is 0 Å². The zero-order valence-corrected chi connectivity index (χ0v) is 5.25. The molecule has 9 heavy (non-hydrogen) atoms. The molecule has 3 nitrogen and oxygen atoms in total. The molecule has 0 aromatic rings. The Morgan fingerprint density at radius 3 is 2.44 bits per heavy atom. The predicted molar refractivity (Wildman–Crippen MR) is 34.1 cm³/mol. The Kier molecular flexibility index (Phi) is 4.09. The highest BCUT2D eigenvalue weighted by Crippen LogP contribution is 2.00. The summed E-state index contributed by atoms with van der Waals surface area (Å²) in [6.07, 6.45) is -0.0120. The molecule has 3 heteroatoms. The Balaban J connectivity index is 3.16. The highest BCUT2D eigenvalue weighted by Gasteiger charge is 2.00. The van der Waals surface area contributed by atoms with Crippen LogP contribution in [0.3, 0.4) is 0 Å². The molecule has 0 aromatic carbocycles. The molecule has 1 unspecified atom stereocenters. The topological polar surface area (TPSA) is 60.7 Å². The lowest BCUT2D eigenvalue weighted by Gasteiger charge is -2.03. The summed E-state index contributed by atoms with van der Waals surface area (Å²) in [4.78, 5) is 0. The molecule has 0 saturated heterocycles. The summed E-state index contributed by atoms with van der Waals surface area (Å²) in [6, 6.07) is 0. The van der Waals surface area contributed by atoms with Crippen LogP contribution in [-0.2, 0) is 0 Å². The van der Waals surface area contributed by atoms with Gasteiger partial charge in [-0.1, -0.05) is 6.58 Å². The Labute approximate surface area is 54.3 Å². The maximum Gasteiger partial charge on any atom is 0.0852 e. The van der Waals surface area contributed by atoms with Crippen LogP contribution in [0.2, 0.25) is 0 Å². The van der Waals surface area contributed by atoms with Crippen LogP contribution in [0.4, 0.5) is 0 Å². The van der Waals surface area contributed by atoms with Crippen LogP contribution in [0.15, 0.2) is 12.3 Å². The van der Waals surface area contributed by atoms with E-state index < -0.39 is 6.10 Å².